The van der Waals surface area contributed by atoms with E-state index in [1.54, 1.807) is 36.6 Å². The Hall–Kier alpha value is -2.67. The highest BCUT2D eigenvalue weighted by atomic mass is 32.2. The molecule has 0 unspecified atom stereocenters. The number of carbonyl (C=O) groups is 1. The lowest BCUT2D eigenvalue weighted by Gasteiger charge is -2.06. The van der Waals surface area contributed by atoms with E-state index >= 15 is 0 Å². The van der Waals surface area contributed by atoms with E-state index in [2.05, 4.69) is 9.97 Å². The molecule has 0 fully saturated rings. The van der Waals surface area contributed by atoms with Crippen molar-refractivity contribution >= 4 is 17.7 Å². The van der Waals surface area contributed by atoms with Crippen molar-refractivity contribution in [3.8, 4) is 22.7 Å². The van der Waals surface area contributed by atoms with Crippen molar-refractivity contribution in [1.29, 1.82) is 0 Å². The standard InChI is InChI=1S/C16H12FN3O2S/c17-11-5-3-10(4-6-11)12-8-13(14-2-1-7-22-14)20-16(19-12)23-9-15(18)21/h1-8H,9H2,(H2,18,21). The van der Waals surface area contributed by atoms with Crippen LogP contribution in [0.15, 0.2) is 58.3 Å². The molecule has 0 aliphatic carbocycles. The number of halogens is 1. The first-order chi connectivity index (χ1) is 11.1. The van der Waals surface area contributed by atoms with Crippen LogP contribution in [-0.4, -0.2) is 21.6 Å². The number of nitrogens with zero attached hydrogens (tertiary/aromatic N) is 2. The molecular formula is C16H12FN3O2S. The Balaban J connectivity index is 2.03. The Morgan fingerprint density at radius 3 is 2.57 bits per heavy atom. The Bertz CT molecular complexity index is 820. The molecule has 23 heavy (non-hydrogen) atoms. The van der Waals surface area contributed by atoms with Gasteiger partial charge in [0.1, 0.15) is 11.5 Å². The van der Waals surface area contributed by atoms with Crippen molar-refractivity contribution in [2.45, 2.75) is 5.16 Å². The highest BCUT2D eigenvalue weighted by Gasteiger charge is 2.11. The summed E-state index contributed by atoms with van der Waals surface area (Å²) < 4.78 is 18.4. The number of carbonyl (C=O) groups excluding carboxylic acids is 1. The molecule has 0 aliphatic rings. The molecule has 1 aromatic carbocycles. The van der Waals surface area contributed by atoms with Crippen LogP contribution in [0.4, 0.5) is 4.39 Å². The fraction of sp³-hybridized carbons (Fsp3) is 0.0625. The number of amides is 1. The van der Waals surface area contributed by atoms with Crippen molar-refractivity contribution in [3.63, 3.8) is 0 Å². The zero-order chi connectivity index (χ0) is 16.2. The van der Waals surface area contributed by atoms with E-state index in [4.69, 9.17) is 10.2 Å². The van der Waals surface area contributed by atoms with Crippen molar-refractivity contribution in [2.24, 2.45) is 5.73 Å². The lowest BCUT2D eigenvalue weighted by molar-refractivity contribution is -0.115. The van der Waals surface area contributed by atoms with Crippen LogP contribution in [0.1, 0.15) is 0 Å². The predicted octanol–water partition coefficient (Wildman–Crippen LogP) is 3.12. The fourth-order valence-corrected chi connectivity index (χ4v) is 2.54. The van der Waals surface area contributed by atoms with Gasteiger partial charge in [-0.25, -0.2) is 14.4 Å². The number of aromatic nitrogens is 2. The van der Waals surface area contributed by atoms with Gasteiger partial charge in [0.25, 0.3) is 0 Å². The molecule has 0 spiro atoms. The minimum atomic E-state index is -0.453. The Labute approximate surface area is 135 Å². The van der Waals surface area contributed by atoms with Crippen molar-refractivity contribution in [3.05, 3.63) is 54.5 Å². The fourth-order valence-electron chi connectivity index (χ4n) is 1.94. The largest absolute Gasteiger partial charge is 0.463 e. The number of primary amides is 1. The van der Waals surface area contributed by atoms with E-state index in [1.165, 1.54) is 12.1 Å². The molecule has 3 rings (SSSR count). The molecule has 3 aromatic rings. The second-order valence-corrected chi connectivity index (χ2v) is 5.60. The first kappa shape index (κ1) is 15.2. The molecular weight excluding hydrogens is 317 g/mol. The molecule has 2 heterocycles. The summed E-state index contributed by atoms with van der Waals surface area (Å²) >= 11 is 1.14. The maximum absolute atomic E-state index is 13.1. The first-order valence-electron chi connectivity index (χ1n) is 6.72. The number of hydrogen-bond acceptors (Lipinski definition) is 5. The van der Waals surface area contributed by atoms with E-state index in [-0.39, 0.29) is 11.6 Å². The van der Waals surface area contributed by atoms with Gasteiger partial charge in [-0.05, 0) is 42.5 Å². The predicted molar refractivity (Wildman–Crippen MR) is 85.0 cm³/mol. The molecule has 0 atom stereocenters. The number of rotatable bonds is 5. The Morgan fingerprint density at radius 1 is 1.17 bits per heavy atom. The molecule has 1 amide bonds. The highest BCUT2D eigenvalue weighted by molar-refractivity contribution is 7.99. The lowest BCUT2D eigenvalue weighted by Crippen LogP contribution is -2.13. The second kappa shape index (κ2) is 6.62. The van der Waals surface area contributed by atoms with Crippen LogP contribution in [0.25, 0.3) is 22.7 Å². The summed E-state index contributed by atoms with van der Waals surface area (Å²) in [6.45, 7) is 0. The minimum Gasteiger partial charge on any atom is -0.463 e. The van der Waals surface area contributed by atoms with Crippen LogP contribution < -0.4 is 5.73 Å². The number of nitrogens with two attached hydrogens (primary N) is 1. The molecule has 0 saturated carbocycles. The van der Waals surface area contributed by atoms with E-state index < -0.39 is 5.91 Å². The molecule has 5 nitrogen and oxygen atoms in total. The second-order valence-electron chi connectivity index (χ2n) is 4.66. The van der Waals surface area contributed by atoms with Crippen LogP contribution in [0, 0.1) is 5.82 Å². The smallest absolute Gasteiger partial charge is 0.227 e. The van der Waals surface area contributed by atoms with Gasteiger partial charge >= 0.3 is 0 Å². The van der Waals surface area contributed by atoms with Gasteiger partial charge in [-0.2, -0.15) is 0 Å². The van der Waals surface area contributed by atoms with Crippen LogP contribution in [0.5, 0.6) is 0 Å². The van der Waals surface area contributed by atoms with Gasteiger partial charge in [0, 0.05) is 5.56 Å². The number of furan rings is 1. The first-order valence-corrected chi connectivity index (χ1v) is 7.70. The van der Waals surface area contributed by atoms with Gasteiger partial charge in [0.2, 0.25) is 5.91 Å². The summed E-state index contributed by atoms with van der Waals surface area (Å²) in [7, 11) is 0. The molecule has 0 bridgehead atoms. The van der Waals surface area contributed by atoms with E-state index in [1.807, 2.05) is 0 Å². The summed E-state index contributed by atoms with van der Waals surface area (Å²) in [5.41, 5.74) is 7.09. The van der Waals surface area contributed by atoms with Crippen molar-refractivity contribution in [2.75, 3.05) is 5.75 Å². The topological polar surface area (TPSA) is 82.0 Å². The van der Waals surface area contributed by atoms with Crippen molar-refractivity contribution < 1.29 is 13.6 Å². The monoisotopic (exact) mass is 329 g/mol. The average Bonchev–Trinajstić information content (AvgIpc) is 3.08. The molecule has 2 N–H and O–H groups in total. The third kappa shape index (κ3) is 3.75. The lowest BCUT2D eigenvalue weighted by atomic mass is 10.1. The van der Waals surface area contributed by atoms with Gasteiger partial charge < -0.3 is 10.2 Å². The van der Waals surface area contributed by atoms with Crippen LogP contribution in [0.2, 0.25) is 0 Å². The van der Waals surface area contributed by atoms with Gasteiger partial charge in [0.05, 0.1) is 17.7 Å². The maximum Gasteiger partial charge on any atom is 0.227 e. The number of benzene rings is 1. The number of thioether (sulfide) groups is 1. The summed E-state index contributed by atoms with van der Waals surface area (Å²) in [4.78, 5) is 19.7. The molecule has 2 aromatic heterocycles. The van der Waals surface area contributed by atoms with Crippen LogP contribution >= 0.6 is 11.8 Å². The third-order valence-electron chi connectivity index (χ3n) is 2.96. The van der Waals surface area contributed by atoms with Gasteiger partial charge in [0.15, 0.2) is 10.9 Å². The maximum atomic E-state index is 13.1. The molecule has 116 valence electrons. The van der Waals surface area contributed by atoms with Crippen LogP contribution in [0.3, 0.4) is 0 Å². The Kier molecular flexibility index (Phi) is 4.38. The SMILES string of the molecule is NC(=O)CSc1nc(-c2ccc(F)cc2)cc(-c2ccco2)n1. The normalized spacial score (nSPS) is 10.7. The minimum absolute atomic E-state index is 0.0739. The van der Waals surface area contributed by atoms with Gasteiger partial charge in [-0.3, -0.25) is 4.79 Å². The number of hydrogen-bond donors (Lipinski definition) is 1. The quantitative estimate of drug-likeness (QED) is 0.574. The molecule has 0 aliphatic heterocycles. The van der Waals surface area contributed by atoms with E-state index in [0.29, 0.717) is 22.3 Å². The zero-order valence-corrected chi connectivity index (χ0v) is 12.7. The molecule has 7 heteroatoms. The van der Waals surface area contributed by atoms with E-state index in [9.17, 15) is 9.18 Å². The summed E-state index contributed by atoms with van der Waals surface area (Å²) in [5.74, 6) is -0.121. The summed E-state index contributed by atoms with van der Waals surface area (Å²) in [6.07, 6.45) is 1.55. The van der Waals surface area contributed by atoms with Gasteiger partial charge in [-0.1, -0.05) is 11.8 Å². The molecule has 0 saturated heterocycles. The average molecular weight is 329 g/mol. The van der Waals surface area contributed by atoms with Crippen molar-refractivity contribution in [1.82, 2.24) is 9.97 Å². The van der Waals surface area contributed by atoms with Gasteiger partial charge in [-0.15, -0.1) is 0 Å². The van der Waals surface area contributed by atoms with E-state index in [0.717, 1.165) is 17.3 Å². The third-order valence-corrected chi connectivity index (χ3v) is 3.83. The zero-order valence-electron chi connectivity index (χ0n) is 11.9. The highest BCUT2D eigenvalue weighted by Crippen LogP contribution is 2.27. The summed E-state index contributed by atoms with van der Waals surface area (Å²) in [5, 5.41) is 0.400. The Morgan fingerprint density at radius 2 is 1.91 bits per heavy atom. The molecule has 0 radical (unpaired) electrons. The summed E-state index contributed by atoms with van der Waals surface area (Å²) in [6, 6.07) is 11.3. The van der Waals surface area contributed by atoms with Crippen LogP contribution in [-0.2, 0) is 4.79 Å².